The number of piperidine rings is 1. The van der Waals surface area contributed by atoms with Gasteiger partial charge in [0.2, 0.25) is 0 Å². The third kappa shape index (κ3) is 4.19. The minimum absolute atomic E-state index is 0.200. The Morgan fingerprint density at radius 3 is 2.61 bits per heavy atom. The molecule has 6 nitrogen and oxygen atoms in total. The van der Waals surface area contributed by atoms with Crippen molar-refractivity contribution >= 4 is 43.9 Å². The van der Waals surface area contributed by atoms with Gasteiger partial charge in [-0.3, -0.25) is 0 Å². The first-order chi connectivity index (χ1) is 14.7. The molecule has 0 aliphatic carbocycles. The SMILES string of the molecule is Cc1cn2cc(-c3nc4sc(C5CCN(C(=O)OC(C)(C)C)CC5)cc4s3)ccc2n1. The summed E-state index contributed by atoms with van der Waals surface area (Å²) in [5, 5.41) is 1.04. The second-order valence-corrected chi connectivity index (χ2v) is 11.2. The predicted molar refractivity (Wildman–Crippen MR) is 126 cm³/mol. The van der Waals surface area contributed by atoms with Gasteiger partial charge in [0.1, 0.15) is 21.1 Å². The standard InChI is InChI=1S/C23H26N4O2S2/c1-14-12-27-13-16(5-6-19(27)24-14)20-25-21-18(31-20)11-17(30-21)15-7-9-26(10-8-15)22(28)29-23(2,3)4/h5-6,11-13,15H,7-10H2,1-4H3. The average molecular weight is 455 g/mol. The smallest absolute Gasteiger partial charge is 0.410 e. The molecule has 4 aromatic rings. The number of fused-ring (bicyclic) bond motifs is 2. The van der Waals surface area contributed by atoms with Crippen LogP contribution in [-0.2, 0) is 4.74 Å². The molecule has 4 aromatic heterocycles. The molecule has 31 heavy (non-hydrogen) atoms. The van der Waals surface area contributed by atoms with E-state index >= 15 is 0 Å². The van der Waals surface area contributed by atoms with E-state index in [1.165, 1.54) is 9.58 Å². The molecule has 0 aromatic carbocycles. The number of aromatic nitrogens is 3. The van der Waals surface area contributed by atoms with Crippen LogP contribution < -0.4 is 0 Å². The number of carbonyl (C=O) groups is 1. The van der Waals surface area contributed by atoms with E-state index in [0.29, 0.717) is 5.92 Å². The molecule has 0 N–H and O–H groups in total. The van der Waals surface area contributed by atoms with Crippen molar-refractivity contribution in [3.63, 3.8) is 0 Å². The molecule has 5 heterocycles. The van der Waals surface area contributed by atoms with E-state index < -0.39 is 5.60 Å². The number of hydrogen-bond donors (Lipinski definition) is 0. The molecule has 0 unspecified atom stereocenters. The zero-order valence-electron chi connectivity index (χ0n) is 18.2. The van der Waals surface area contributed by atoms with Crippen molar-refractivity contribution in [2.75, 3.05) is 13.1 Å². The zero-order valence-corrected chi connectivity index (χ0v) is 19.8. The second-order valence-electron chi connectivity index (χ2n) is 9.14. The number of pyridine rings is 1. The summed E-state index contributed by atoms with van der Waals surface area (Å²) in [4.78, 5) is 26.0. The summed E-state index contributed by atoms with van der Waals surface area (Å²) in [5.41, 5.74) is 2.64. The molecule has 162 valence electrons. The van der Waals surface area contributed by atoms with Crippen molar-refractivity contribution in [2.24, 2.45) is 0 Å². The lowest BCUT2D eigenvalue weighted by Crippen LogP contribution is -2.41. The minimum Gasteiger partial charge on any atom is -0.444 e. The molecule has 0 atom stereocenters. The Bertz CT molecular complexity index is 1220. The number of amides is 1. The third-order valence-corrected chi connectivity index (χ3v) is 7.85. The number of ether oxygens (including phenoxy) is 1. The molecule has 5 rings (SSSR count). The second kappa shape index (κ2) is 7.60. The van der Waals surface area contributed by atoms with Gasteiger partial charge in [-0.2, -0.15) is 0 Å². The molecule has 0 bridgehead atoms. The van der Waals surface area contributed by atoms with Gasteiger partial charge in [0.25, 0.3) is 0 Å². The molecule has 0 spiro atoms. The molecular weight excluding hydrogens is 428 g/mol. The number of nitrogens with zero attached hydrogens (tertiary/aromatic N) is 4. The maximum Gasteiger partial charge on any atom is 0.410 e. The Kier molecular flexibility index (Phi) is 5.01. The molecule has 1 saturated heterocycles. The van der Waals surface area contributed by atoms with Crippen LogP contribution >= 0.6 is 22.7 Å². The molecule has 1 fully saturated rings. The number of thiazole rings is 1. The highest BCUT2D eigenvalue weighted by atomic mass is 32.1. The molecule has 0 saturated carbocycles. The number of carbonyl (C=O) groups excluding carboxylic acids is 1. The average Bonchev–Trinajstić information content (AvgIpc) is 3.37. The quantitative estimate of drug-likeness (QED) is 0.367. The van der Waals surface area contributed by atoms with Crippen molar-refractivity contribution in [3.8, 4) is 10.6 Å². The Balaban J connectivity index is 1.29. The number of thiophene rings is 1. The number of likely N-dealkylation sites (tertiary alicyclic amines) is 1. The summed E-state index contributed by atoms with van der Waals surface area (Å²) in [6.45, 7) is 9.22. The highest BCUT2D eigenvalue weighted by molar-refractivity contribution is 7.28. The van der Waals surface area contributed by atoms with E-state index in [4.69, 9.17) is 9.72 Å². The molecule has 0 radical (unpaired) electrons. The maximum absolute atomic E-state index is 12.3. The summed E-state index contributed by atoms with van der Waals surface area (Å²) in [6.07, 6.45) is 5.88. The lowest BCUT2D eigenvalue weighted by Gasteiger charge is -2.33. The lowest BCUT2D eigenvalue weighted by molar-refractivity contribution is 0.0205. The Labute approximate surface area is 189 Å². The Hall–Kier alpha value is -2.45. The first-order valence-corrected chi connectivity index (χ1v) is 12.2. The summed E-state index contributed by atoms with van der Waals surface area (Å²) in [5.74, 6) is 0.485. The third-order valence-electron chi connectivity index (χ3n) is 5.48. The highest BCUT2D eigenvalue weighted by Gasteiger charge is 2.28. The number of hydrogen-bond acceptors (Lipinski definition) is 6. The van der Waals surface area contributed by atoms with Gasteiger partial charge in [-0.15, -0.1) is 22.7 Å². The number of aryl methyl sites for hydroxylation is 1. The minimum atomic E-state index is -0.448. The van der Waals surface area contributed by atoms with Gasteiger partial charge in [-0.25, -0.2) is 14.8 Å². The van der Waals surface area contributed by atoms with E-state index in [1.54, 1.807) is 22.7 Å². The van der Waals surface area contributed by atoms with Crippen molar-refractivity contribution in [2.45, 2.75) is 52.1 Å². The fraction of sp³-hybridized carbons (Fsp3) is 0.435. The van der Waals surface area contributed by atoms with Crippen LogP contribution in [0.5, 0.6) is 0 Å². The Morgan fingerprint density at radius 2 is 1.90 bits per heavy atom. The van der Waals surface area contributed by atoms with Crippen molar-refractivity contribution in [3.05, 3.63) is 41.2 Å². The van der Waals surface area contributed by atoms with E-state index in [1.807, 2.05) is 44.9 Å². The molecule has 8 heteroatoms. The summed E-state index contributed by atoms with van der Waals surface area (Å²) >= 11 is 3.54. The monoisotopic (exact) mass is 454 g/mol. The van der Waals surface area contributed by atoms with Crippen molar-refractivity contribution < 1.29 is 9.53 Å². The summed E-state index contributed by atoms with van der Waals surface area (Å²) in [7, 11) is 0. The first kappa shape index (κ1) is 20.5. The van der Waals surface area contributed by atoms with E-state index in [-0.39, 0.29) is 6.09 Å². The van der Waals surface area contributed by atoms with E-state index in [2.05, 4.69) is 27.7 Å². The largest absolute Gasteiger partial charge is 0.444 e. The van der Waals surface area contributed by atoms with Gasteiger partial charge >= 0.3 is 6.09 Å². The van der Waals surface area contributed by atoms with Gasteiger partial charge in [-0.05, 0) is 64.7 Å². The van der Waals surface area contributed by atoms with Crippen LogP contribution in [0.1, 0.15) is 50.1 Å². The van der Waals surface area contributed by atoms with Crippen LogP contribution in [0.3, 0.4) is 0 Å². The fourth-order valence-electron chi connectivity index (χ4n) is 4.00. The first-order valence-electron chi connectivity index (χ1n) is 10.6. The lowest BCUT2D eigenvalue weighted by atomic mass is 9.95. The normalized spacial score (nSPS) is 15.8. The fourth-order valence-corrected chi connectivity index (χ4v) is 6.38. The maximum atomic E-state index is 12.3. The molecule has 1 aliphatic rings. The van der Waals surface area contributed by atoms with E-state index in [9.17, 15) is 4.79 Å². The molecule has 1 aliphatic heterocycles. The van der Waals surface area contributed by atoms with Crippen LogP contribution in [0.15, 0.2) is 30.6 Å². The number of rotatable bonds is 2. The van der Waals surface area contributed by atoms with Gasteiger partial charge in [-0.1, -0.05) is 0 Å². The topological polar surface area (TPSA) is 59.7 Å². The summed E-state index contributed by atoms with van der Waals surface area (Å²) in [6, 6.07) is 6.44. The summed E-state index contributed by atoms with van der Waals surface area (Å²) < 4.78 is 8.81. The Morgan fingerprint density at radius 1 is 1.13 bits per heavy atom. The molecule has 1 amide bonds. The zero-order chi connectivity index (χ0) is 21.8. The van der Waals surface area contributed by atoms with Crippen LogP contribution in [0, 0.1) is 6.92 Å². The van der Waals surface area contributed by atoms with Gasteiger partial charge in [0.15, 0.2) is 0 Å². The van der Waals surface area contributed by atoms with Crippen LogP contribution in [0.4, 0.5) is 4.79 Å². The van der Waals surface area contributed by atoms with Crippen molar-refractivity contribution in [1.82, 2.24) is 19.3 Å². The number of imidazole rings is 1. The van der Waals surface area contributed by atoms with Gasteiger partial charge in [0.05, 0.1) is 10.4 Å². The molecular formula is C23H26N4O2S2. The van der Waals surface area contributed by atoms with Crippen LogP contribution in [0.25, 0.3) is 25.7 Å². The highest BCUT2D eigenvalue weighted by Crippen LogP contribution is 2.40. The van der Waals surface area contributed by atoms with E-state index in [0.717, 1.165) is 52.7 Å². The van der Waals surface area contributed by atoms with Crippen LogP contribution in [0.2, 0.25) is 0 Å². The predicted octanol–water partition coefficient (Wildman–Crippen LogP) is 6.10. The van der Waals surface area contributed by atoms with Gasteiger partial charge in [0, 0.05) is 35.9 Å². The van der Waals surface area contributed by atoms with Gasteiger partial charge < -0.3 is 14.0 Å². The van der Waals surface area contributed by atoms with Crippen molar-refractivity contribution in [1.29, 1.82) is 0 Å². The van der Waals surface area contributed by atoms with Crippen LogP contribution in [-0.4, -0.2) is 44.1 Å².